The highest BCUT2D eigenvalue weighted by molar-refractivity contribution is 9.10. The maximum atomic E-state index is 11.4. The van der Waals surface area contributed by atoms with E-state index in [1.165, 1.54) is 6.20 Å². The molecule has 0 spiro atoms. The number of rotatable bonds is 4. The van der Waals surface area contributed by atoms with Gasteiger partial charge in [0, 0.05) is 21.3 Å². The summed E-state index contributed by atoms with van der Waals surface area (Å²) in [5.74, 6) is -0.265. The Morgan fingerprint density at radius 3 is 2.52 bits per heavy atom. The fourth-order valence-electron chi connectivity index (χ4n) is 2.80. The maximum Gasteiger partial charge on any atom is 0.291 e. The Hall–Kier alpha value is -1.53. The molecule has 0 aliphatic carbocycles. The average Bonchev–Trinajstić information content (AvgIpc) is 2.38. The minimum Gasteiger partial charge on any atom is -0.393 e. The van der Waals surface area contributed by atoms with E-state index < -0.39 is 11.0 Å². The van der Waals surface area contributed by atoms with Crippen molar-refractivity contribution in [3.8, 4) is 0 Å². The van der Waals surface area contributed by atoms with Gasteiger partial charge in [0.1, 0.15) is 6.20 Å². The van der Waals surface area contributed by atoms with Crippen LogP contribution in [0.15, 0.2) is 28.9 Å². The number of fused-ring (bicyclic) bond motifs is 1. The van der Waals surface area contributed by atoms with Gasteiger partial charge in [0.15, 0.2) is 0 Å². The monoisotopic (exact) mass is 352 g/mol. The first-order valence-corrected chi connectivity index (χ1v) is 7.52. The highest BCUT2D eigenvalue weighted by Crippen LogP contribution is 2.39. The van der Waals surface area contributed by atoms with Gasteiger partial charge in [-0.2, -0.15) is 0 Å². The third-order valence-electron chi connectivity index (χ3n) is 3.62. The number of halogens is 1. The first-order chi connectivity index (χ1) is 9.82. The number of pyridine rings is 1. The van der Waals surface area contributed by atoms with Crippen LogP contribution in [0.5, 0.6) is 0 Å². The molecule has 0 fully saturated rings. The molecule has 0 bridgehead atoms. The van der Waals surface area contributed by atoms with Crippen molar-refractivity contribution >= 4 is 32.5 Å². The molecule has 0 aliphatic rings. The van der Waals surface area contributed by atoms with Gasteiger partial charge < -0.3 is 5.11 Å². The first kappa shape index (κ1) is 15.9. The summed E-state index contributed by atoms with van der Waals surface area (Å²) in [6.45, 7) is 5.56. The molecule has 1 aromatic heterocycles. The normalized spacial score (nSPS) is 14.4. The van der Waals surface area contributed by atoms with Crippen molar-refractivity contribution < 1.29 is 10.0 Å². The predicted molar refractivity (Wildman–Crippen MR) is 85.4 cm³/mol. The van der Waals surface area contributed by atoms with Crippen molar-refractivity contribution in [1.82, 2.24) is 4.98 Å². The minimum absolute atomic E-state index is 0.0415. The average molecular weight is 353 g/mol. The highest BCUT2D eigenvalue weighted by atomic mass is 79.9. The summed E-state index contributed by atoms with van der Waals surface area (Å²) >= 11 is 3.39. The number of aliphatic hydroxyl groups is 1. The van der Waals surface area contributed by atoms with E-state index in [-0.39, 0.29) is 17.5 Å². The molecule has 112 valence electrons. The molecule has 0 saturated heterocycles. The van der Waals surface area contributed by atoms with E-state index >= 15 is 0 Å². The lowest BCUT2D eigenvalue weighted by Gasteiger charge is -2.25. The number of benzene rings is 1. The lowest BCUT2D eigenvalue weighted by atomic mass is 9.82. The van der Waals surface area contributed by atoms with E-state index in [9.17, 15) is 15.2 Å². The summed E-state index contributed by atoms with van der Waals surface area (Å²) in [6, 6.07) is 5.48. The van der Waals surface area contributed by atoms with Crippen molar-refractivity contribution in [2.75, 3.05) is 0 Å². The van der Waals surface area contributed by atoms with Gasteiger partial charge >= 0.3 is 0 Å². The van der Waals surface area contributed by atoms with Crippen molar-refractivity contribution in [3.05, 3.63) is 44.5 Å². The van der Waals surface area contributed by atoms with Crippen LogP contribution in [0.1, 0.15) is 32.3 Å². The third kappa shape index (κ3) is 3.06. The zero-order chi connectivity index (χ0) is 15.7. The second-order valence-electron chi connectivity index (χ2n) is 5.49. The van der Waals surface area contributed by atoms with Gasteiger partial charge in [-0.15, -0.1) is 0 Å². The van der Waals surface area contributed by atoms with Gasteiger partial charge in [-0.1, -0.05) is 29.8 Å². The molecule has 5 nitrogen and oxygen atoms in total. The molecule has 0 aliphatic heterocycles. The summed E-state index contributed by atoms with van der Waals surface area (Å²) in [6.07, 6.45) is 0.594. The van der Waals surface area contributed by atoms with Crippen molar-refractivity contribution in [2.24, 2.45) is 5.92 Å². The number of nitro groups is 1. The number of nitrogens with zero attached hydrogens (tertiary/aromatic N) is 2. The van der Waals surface area contributed by atoms with Crippen molar-refractivity contribution in [3.63, 3.8) is 0 Å². The fraction of sp³-hybridized carbons (Fsp3) is 0.400. The van der Waals surface area contributed by atoms with E-state index in [1.54, 1.807) is 6.92 Å². The van der Waals surface area contributed by atoms with Crippen LogP contribution in [0.4, 0.5) is 5.69 Å². The van der Waals surface area contributed by atoms with E-state index in [2.05, 4.69) is 20.9 Å². The molecule has 1 heterocycles. The number of aliphatic hydroxyl groups excluding tert-OH is 1. The molecule has 2 rings (SSSR count). The van der Waals surface area contributed by atoms with Crippen LogP contribution in [0, 0.1) is 16.0 Å². The smallest absolute Gasteiger partial charge is 0.291 e. The molecule has 6 heteroatoms. The van der Waals surface area contributed by atoms with Gasteiger partial charge in [-0.05, 0) is 31.0 Å². The van der Waals surface area contributed by atoms with Crippen LogP contribution in [0.3, 0.4) is 0 Å². The molecule has 1 N–H and O–H groups in total. The van der Waals surface area contributed by atoms with Gasteiger partial charge in [-0.25, -0.2) is 4.98 Å². The summed E-state index contributed by atoms with van der Waals surface area (Å²) in [5.41, 5.74) is 1.20. The maximum absolute atomic E-state index is 11.4. The summed E-state index contributed by atoms with van der Waals surface area (Å²) in [7, 11) is 0. The molecule has 0 radical (unpaired) electrons. The van der Waals surface area contributed by atoms with Gasteiger partial charge in [0.05, 0.1) is 16.5 Å². The number of hydrogen-bond donors (Lipinski definition) is 1. The van der Waals surface area contributed by atoms with Gasteiger partial charge in [0.2, 0.25) is 0 Å². The quantitative estimate of drug-likeness (QED) is 0.665. The lowest BCUT2D eigenvalue weighted by molar-refractivity contribution is -0.386. The molecule has 0 saturated carbocycles. The van der Waals surface area contributed by atoms with Gasteiger partial charge in [-0.3, -0.25) is 10.1 Å². The topological polar surface area (TPSA) is 76.3 Å². The summed E-state index contributed by atoms with van der Waals surface area (Å²) < 4.78 is 0.826. The van der Waals surface area contributed by atoms with Crippen LogP contribution in [-0.2, 0) is 0 Å². The number of hydrogen-bond acceptors (Lipinski definition) is 4. The largest absolute Gasteiger partial charge is 0.393 e. The van der Waals surface area contributed by atoms with E-state index in [0.29, 0.717) is 16.5 Å². The third-order valence-corrected chi connectivity index (χ3v) is 4.11. The number of aromatic nitrogens is 1. The second-order valence-corrected chi connectivity index (χ2v) is 6.40. The molecular formula is C15H17BrN2O3. The van der Waals surface area contributed by atoms with Crippen LogP contribution in [0.25, 0.3) is 10.9 Å². The Labute approximate surface area is 131 Å². The first-order valence-electron chi connectivity index (χ1n) is 6.73. The zero-order valence-corrected chi connectivity index (χ0v) is 13.7. The Morgan fingerprint density at radius 2 is 2.00 bits per heavy atom. The van der Waals surface area contributed by atoms with Crippen molar-refractivity contribution in [2.45, 2.75) is 32.8 Å². The van der Waals surface area contributed by atoms with Crippen LogP contribution in [0.2, 0.25) is 0 Å². The predicted octanol–water partition coefficient (Wildman–Crippen LogP) is 4.03. The highest BCUT2D eigenvalue weighted by Gasteiger charge is 2.31. The zero-order valence-electron chi connectivity index (χ0n) is 12.1. The Kier molecular flexibility index (Phi) is 4.58. The minimum atomic E-state index is -0.687. The van der Waals surface area contributed by atoms with Crippen LogP contribution >= 0.6 is 15.9 Å². The molecule has 21 heavy (non-hydrogen) atoms. The van der Waals surface area contributed by atoms with Crippen LogP contribution < -0.4 is 0 Å². The fourth-order valence-corrected chi connectivity index (χ4v) is 3.16. The molecule has 2 atom stereocenters. The molecule has 2 aromatic rings. The van der Waals surface area contributed by atoms with Crippen molar-refractivity contribution in [1.29, 1.82) is 0 Å². The molecular weight excluding hydrogens is 336 g/mol. The second kappa shape index (κ2) is 6.07. The molecule has 0 amide bonds. The van der Waals surface area contributed by atoms with Crippen LogP contribution in [-0.4, -0.2) is 21.1 Å². The van der Waals surface area contributed by atoms with E-state index in [4.69, 9.17) is 0 Å². The standard InChI is InChI=1S/C15H17BrN2O3/c1-8(2)14(9(3)19)15-11-6-10(16)4-5-12(11)17-7-13(15)18(20)21/h4-9,14,19H,1-3H3. The van der Waals surface area contributed by atoms with Gasteiger partial charge in [0.25, 0.3) is 5.69 Å². The Morgan fingerprint density at radius 1 is 1.33 bits per heavy atom. The Balaban J connectivity index is 2.86. The molecule has 2 unspecified atom stereocenters. The van der Waals surface area contributed by atoms with E-state index in [0.717, 1.165) is 4.47 Å². The summed E-state index contributed by atoms with van der Waals surface area (Å²) in [5, 5.41) is 22.2. The Bertz CT molecular complexity index is 678. The summed E-state index contributed by atoms with van der Waals surface area (Å²) in [4.78, 5) is 15.1. The van der Waals surface area contributed by atoms with E-state index in [1.807, 2.05) is 32.0 Å². The molecule has 1 aromatic carbocycles. The lowest BCUT2D eigenvalue weighted by Crippen LogP contribution is -2.21. The SMILES string of the molecule is CC(C)C(c1c([N+](=O)[O-])cnc2ccc(Br)cc12)C(C)O.